The molecule has 1 rings (SSSR count). The quantitative estimate of drug-likeness (QED) is 0.788. The summed E-state index contributed by atoms with van der Waals surface area (Å²) >= 11 is 0. The summed E-state index contributed by atoms with van der Waals surface area (Å²) in [5, 5.41) is 0. The molecule has 0 spiro atoms. The highest BCUT2D eigenvalue weighted by Crippen LogP contribution is 2.19. The molecule has 4 nitrogen and oxygen atoms in total. The summed E-state index contributed by atoms with van der Waals surface area (Å²) in [5.41, 5.74) is 6.41. The van der Waals surface area contributed by atoms with Crippen molar-refractivity contribution in [2.45, 2.75) is 19.4 Å². The van der Waals surface area contributed by atoms with E-state index in [-0.39, 0.29) is 18.4 Å². The summed E-state index contributed by atoms with van der Waals surface area (Å²) in [6.45, 7) is 1.54. The monoisotopic (exact) mass is 241 g/mol. The van der Waals surface area contributed by atoms with Crippen molar-refractivity contribution in [1.29, 1.82) is 0 Å². The van der Waals surface area contributed by atoms with Gasteiger partial charge in [0.15, 0.2) is 18.2 Å². The number of nitrogens with two attached hydrogens (primary N) is 1. The Bertz CT molecular complexity index is 393. The maximum absolute atomic E-state index is 13.5. The summed E-state index contributed by atoms with van der Waals surface area (Å²) in [6.07, 6.45) is 0.591. The summed E-state index contributed by atoms with van der Waals surface area (Å²) in [5.74, 6) is -1.03. The van der Waals surface area contributed by atoms with Gasteiger partial charge in [-0.1, -0.05) is 6.07 Å². The number of carbonyl (C=O) groups is 1. The van der Waals surface area contributed by atoms with E-state index in [4.69, 9.17) is 10.5 Å². The van der Waals surface area contributed by atoms with Crippen LogP contribution >= 0.6 is 0 Å². The van der Waals surface area contributed by atoms with Crippen molar-refractivity contribution in [1.82, 2.24) is 0 Å². The predicted octanol–water partition coefficient (Wildman–Crippen LogP) is 1.27. The highest BCUT2D eigenvalue weighted by atomic mass is 19.1. The Morgan fingerprint density at radius 3 is 2.76 bits per heavy atom. The standard InChI is InChI=1S/C12H16FNO3/c1-8(14)5-9-3-4-11(10(13)6-9)17-7-12(15)16-2/h3-4,6,8H,5,7,14H2,1-2H3. The van der Waals surface area contributed by atoms with Crippen LogP contribution in [0.4, 0.5) is 4.39 Å². The lowest BCUT2D eigenvalue weighted by Gasteiger charge is -2.09. The molecule has 1 aromatic carbocycles. The molecule has 0 heterocycles. The van der Waals surface area contributed by atoms with Gasteiger partial charge in [-0.05, 0) is 31.0 Å². The van der Waals surface area contributed by atoms with Crippen LogP contribution in [0.2, 0.25) is 0 Å². The number of benzene rings is 1. The summed E-state index contributed by atoms with van der Waals surface area (Å²) < 4.78 is 22.9. The van der Waals surface area contributed by atoms with Gasteiger partial charge in [-0.25, -0.2) is 9.18 Å². The Balaban J connectivity index is 2.66. The highest BCUT2D eigenvalue weighted by molar-refractivity contribution is 5.70. The third-order valence-electron chi connectivity index (χ3n) is 2.13. The molecule has 5 heteroatoms. The Morgan fingerprint density at radius 1 is 1.53 bits per heavy atom. The second kappa shape index (κ2) is 6.20. The van der Waals surface area contributed by atoms with Gasteiger partial charge in [0.05, 0.1) is 7.11 Å². The molecule has 1 aromatic rings. The third-order valence-corrected chi connectivity index (χ3v) is 2.13. The van der Waals surface area contributed by atoms with Gasteiger partial charge in [-0.3, -0.25) is 0 Å². The van der Waals surface area contributed by atoms with Gasteiger partial charge in [-0.2, -0.15) is 0 Å². The zero-order valence-corrected chi connectivity index (χ0v) is 9.90. The minimum atomic E-state index is -0.552. The fourth-order valence-electron chi connectivity index (χ4n) is 1.36. The number of hydrogen-bond acceptors (Lipinski definition) is 4. The molecule has 17 heavy (non-hydrogen) atoms. The second-order valence-electron chi connectivity index (χ2n) is 3.81. The molecule has 2 N–H and O–H groups in total. The molecular formula is C12H16FNO3. The van der Waals surface area contributed by atoms with Gasteiger partial charge in [0.2, 0.25) is 0 Å². The van der Waals surface area contributed by atoms with E-state index < -0.39 is 11.8 Å². The lowest BCUT2D eigenvalue weighted by atomic mass is 10.1. The van der Waals surface area contributed by atoms with Gasteiger partial charge in [0, 0.05) is 6.04 Å². The van der Waals surface area contributed by atoms with Crippen molar-refractivity contribution < 1.29 is 18.7 Å². The maximum Gasteiger partial charge on any atom is 0.343 e. The first kappa shape index (κ1) is 13.4. The zero-order valence-electron chi connectivity index (χ0n) is 9.90. The molecule has 0 bridgehead atoms. The molecule has 0 saturated carbocycles. The molecule has 0 fully saturated rings. The van der Waals surface area contributed by atoms with E-state index in [1.807, 2.05) is 6.92 Å². The molecule has 0 saturated heterocycles. The molecule has 94 valence electrons. The number of halogens is 1. The van der Waals surface area contributed by atoms with E-state index >= 15 is 0 Å². The molecule has 0 aromatic heterocycles. The van der Waals surface area contributed by atoms with Crippen LogP contribution in [0.5, 0.6) is 5.75 Å². The van der Waals surface area contributed by atoms with Gasteiger partial charge < -0.3 is 15.2 Å². The van der Waals surface area contributed by atoms with Crippen LogP contribution in [-0.4, -0.2) is 25.7 Å². The lowest BCUT2D eigenvalue weighted by molar-refractivity contribution is -0.142. The van der Waals surface area contributed by atoms with Crippen LogP contribution in [0.15, 0.2) is 18.2 Å². The van der Waals surface area contributed by atoms with E-state index in [9.17, 15) is 9.18 Å². The van der Waals surface area contributed by atoms with Crippen LogP contribution in [-0.2, 0) is 16.0 Å². The minimum Gasteiger partial charge on any atom is -0.479 e. The van der Waals surface area contributed by atoms with E-state index in [1.165, 1.54) is 19.2 Å². The average molecular weight is 241 g/mol. The fourth-order valence-corrected chi connectivity index (χ4v) is 1.36. The van der Waals surface area contributed by atoms with E-state index in [1.54, 1.807) is 6.07 Å². The van der Waals surface area contributed by atoms with Gasteiger partial charge in [-0.15, -0.1) is 0 Å². The molecule has 0 aliphatic heterocycles. The molecule has 0 radical (unpaired) electrons. The normalized spacial score (nSPS) is 12.0. The largest absolute Gasteiger partial charge is 0.479 e. The third kappa shape index (κ3) is 4.40. The summed E-state index contributed by atoms with van der Waals surface area (Å²) in [6, 6.07) is 4.53. The Kier molecular flexibility index (Phi) is 4.90. The first-order valence-electron chi connectivity index (χ1n) is 5.26. The highest BCUT2D eigenvalue weighted by Gasteiger charge is 2.08. The number of hydrogen-bond donors (Lipinski definition) is 1. The zero-order chi connectivity index (χ0) is 12.8. The van der Waals surface area contributed by atoms with Crippen molar-refractivity contribution in [3.63, 3.8) is 0 Å². The molecule has 0 amide bonds. The van der Waals surface area contributed by atoms with Gasteiger partial charge in [0.25, 0.3) is 0 Å². The lowest BCUT2D eigenvalue weighted by Crippen LogP contribution is -2.18. The maximum atomic E-state index is 13.5. The first-order valence-corrected chi connectivity index (χ1v) is 5.26. The summed E-state index contributed by atoms with van der Waals surface area (Å²) in [7, 11) is 1.24. The van der Waals surface area contributed by atoms with Crippen molar-refractivity contribution in [2.24, 2.45) is 5.73 Å². The van der Waals surface area contributed by atoms with E-state index in [0.717, 1.165) is 5.56 Å². The van der Waals surface area contributed by atoms with Crippen LogP contribution in [0.25, 0.3) is 0 Å². The topological polar surface area (TPSA) is 61.5 Å². The van der Waals surface area contributed by atoms with Crippen molar-refractivity contribution >= 4 is 5.97 Å². The summed E-state index contributed by atoms with van der Waals surface area (Å²) in [4.78, 5) is 10.8. The van der Waals surface area contributed by atoms with Gasteiger partial charge in [0.1, 0.15) is 0 Å². The number of carbonyl (C=O) groups excluding carboxylic acids is 1. The fraction of sp³-hybridized carbons (Fsp3) is 0.417. The minimum absolute atomic E-state index is 0.0313. The van der Waals surface area contributed by atoms with Crippen LogP contribution in [0.3, 0.4) is 0 Å². The second-order valence-corrected chi connectivity index (χ2v) is 3.81. The average Bonchev–Trinajstić information content (AvgIpc) is 2.26. The molecule has 1 atom stereocenters. The Hall–Kier alpha value is -1.62. The predicted molar refractivity (Wildman–Crippen MR) is 61.3 cm³/mol. The molecule has 1 unspecified atom stereocenters. The number of rotatable bonds is 5. The van der Waals surface area contributed by atoms with Crippen molar-refractivity contribution in [3.05, 3.63) is 29.6 Å². The molecular weight excluding hydrogens is 225 g/mol. The number of ether oxygens (including phenoxy) is 2. The van der Waals surface area contributed by atoms with Crippen LogP contribution in [0.1, 0.15) is 12.5 Å². The number of methoxy groups -OCH3 is 1. The molecule has 0 aliphatic carbocycles. The SMILES string of the molecule is COC(=O)COc1ccc(CC(C)N)cc1F. The Labute approximate surface area is 99.5 Å². The van der Waals surface area contributed by atoms with E-state index in [2.05, 4.69) is 4.74 Å². The van der Waals surface area contributed by atoms with Crippen molar-refractivity contribution in [2.75, 3.05) is 13.7 Å². The first-order chi connectivity index (χ1) is 8.02. The van der Waals surface area contributed by atoms with Crippen molar-refractivity contribution in [3.8, 4) is 5.75 Å². The van der Waals surface area contributed by atoms with E-state index in [0.29, 0.717) is 6.42 Å². The Morgan fingerprint density at radius 2 is 2.24 bits per heavy atom. The molecule has 0 aliphatic rings. The van der Waals surface area contributed by atoms with Gasteiger partial charge >= 0.3 is 5.97 Å². The smallest absolute Gasteiger partial charge is 0.343 e. The van der Waals surface area contributed by atoms with Crippen LogP contribution in [0, 0.1) is 5.82 Å². The number of esters is 1. The van der Waals surface area contributed by atoms with Crippen LogP contribution < -0.4 is 10.5 Å².